The van der Waals surface area contributed by atoms with Crippen LogP contribution in [-0.2, 0) is 17.6 Å². The Morgan fingerprint density at radius 1 is 1.07 bits per heavy atom. The number of hydrogen-bond donors (Lipinski definition) is 0. The third-order valence-corrected chi connectivity index (χ3v) is 6.51. The van der Waals surface area contributed by atoms with Crippen molar-refractivity contribution in [2.45, 2.75) is 31.9 Å². The summed E-state index contributed by atoms with van der Waals surface area (Å²) in [6.07, 6.45) is -1.92. The fourth-order valence-corrected chi connectivity index (χ4v) is 5.04. The maximum atomic E-state index is 13.7. The van der Waals surface area contributed by atoms with Crippen LogP contribution in [0.4, 0.5) is 17.6 Å². The number of carbonyl (C=O) groups excluding carboxylic acids is 2. The number of rotatable bonds is 4. The van der Waals surface area contributed by atoms with Crippen molar-refractivity contribution >= 4 is 51.9 Å². The highest BCUT2D eigenvalue weighted by Crippen LogP contribution is 2.40. The van der Waals surface area contributed by atoms with Gasteiger partial charge in [0.05, 0.1) is 27.6 Å². The monoisotopic (exact) mass is 480 g/mol. The van der Waals surface area contributed by atoms with E-state index in [1.54, 1.807) is 0 Å². The zero-order valence-electron chi connectivity index (χ0n) is 15.5. The minimum Gasteiger partial charge on any atom is -0.465 e. The van der Waals surface area contributed by atoms with Crippen molar-refractivity contribution in [2.75, 3.05) is 7.11 Å². The van der Waals surface area contributed by atoms with E-state index in [2.05, 4.69) is 0 Å². The van der Waals surface area contributed by atoms with Crippen LogP contribution in [0.3, 0.4) is 0 Å². The van der Waals surface area contributed by atoms with Gasteiger partial charge < -0.3 is 4.74 Å². The average Bonchev–Trinajstić information content (AvgIpc) is 3.08. The van der Waals surface area contributed by atoms with Crippen molar-refractivity contribution in [1.82, 2.24) is 0 Å². The molecule has 0 unspecified atom stereocenters. The number of ether oxygens (including phenoxy) is 1. The number of esters is 1. The Bertz CT molecular complexity index is 1030. The minimum absolute atomic E-state index is 0.0613. The van der Waals surface area contributed by atoms with Crippen molar-refractivity contribution < 1.29 is 31.9 Å². The Balaban J connectivity index is 2.13. The van der Waals surface area contributed by atoms with Gasteiger partial charge in [0.2, 0.25) is 0 Å². The van der Waals surface area contributed by atoms with Crippen LogP contribution < -0.4 is 0 Å². The Hall–Kier alpha value is -1.90. The lowest BCUT2D eigenvalue weighted by Gasteiger charge is -2.14. The lowest BCUT2D eigenvalue weighted by Crippen LogP contribution is -2.13. The first-order valence-electron chi connectivity index (χ1n) is 8.75. The SMILES string of the molecule is COC(=O)c1sc(C(=O)C=C(c2cc(Cl)c(F)c(Cl)c2)C(F)(F)F)c2c1CCCC2. The van der Waals surface area contributed by atoms with E-state index in [4.69, 9.17) is 27.9 Å². The average molecular weight is 481 g/mol. The van der Waals surface area contributed by atoms with Gasteiger partial charge in [-0.2, -0.15) is 13.2 Å². The number of alkyl halides is 3. The molecule has 0 saturated heterocycles. The van der Waals surface area contributed by atoms with Gasteiger partial charge in [0, 0.05) is 0 Å². The van der Waals surface area contributed by atoms with Crippen LogP contribution in [0.5, 0.6) is 0 Å². The molecule has 0 radical (unpaired) electrons. The van der Waals surface area contributed by atoms with E-state index >= 15 is 0 Å². The Kier molecular flexibility index (Phi) is 6.60. The molecular weight excluding hydrogens is 467 g/mol. The topological polar surface area (TPSA) is 43.4 Å². The fourth-order valence-electron chi connectivity index (χ4n) is 3.32. The number of carbonyl (C=O) groups is 2. The van der Waals surface area contributed by atoms with Crippen molar-refractivity contribution in [3.05, 3.63) is 60.5 Å². The summed E-state index contributed by atoms with van der Waals surface area (Å²) in [5.74, 6) is -2.59. The van der Waals surface area contributed by atoms with Gasteiger partial charge in [-0.3, -0.25) is 4.79 Å². The molecule has 0 bridgehead atoms. The summed E-state index contributed by atoms with van der Waals surface area (Å²) in [5, 5.41) is -1.19. The van der Waals surface area contributed by atoms with Gasteiger partial charge in [0.1, 0.15) is 4.88 Å². The Labute approximate surface area is 183 Å². The van der Waals surface area contributed by atoms with Crippen LogP contribution in [0.15, 0.2) is 18.2 Å². The van der Waals surface area contributed by atoms with E-state index < -0.39 is 44.9 Å². The van der Waals surface area contributed by atoms with E-state index in [0.717, 1.165) is 36.3 Å². The lowest BCUT2D eigenvalue weighted by atomic mass is 9.91. The number of hydrogen-bond acceptors (Lipinski definition) is 4. The first-order valence-corrected chi connectivity index (χ1v) is 10.3. The number of allylic oxidation sites excluding steroid dienone is 2. The molecule has 2 aromatic rings. The molecule has 0 atom stereocenters. The highest BCUT2D eigenvalue weighted by molar-refractivity contribution is 7.16. The molecule has 0 N–H and O–H groups in total. The smallest absolute Gasteiger partial charge is 0.417 e. The number of methoxy groups -OCH3 is 1. The largest absolute Gasteiger partial charge is 0.465 e. The van der Waals surface area contributed by atoms with Gasteiger partial charge in [-0.1, -0.05) is 23.2 Å². The standard InChI is InChI=1S/C20H14Cl2F4O3S/c1-29-19(28)18-11-5-3-2-4-10(11)17(30-18)15(27)8-12(20(24,25)26)9-6-13(21)16(23)14(22)7-9/h6-8H,2-5H2,1H3. The third kappa shape index (κ3) is 4.40. The summed E-state index contributed by atoms with van der Waals surface area (Å²) in [6, 6.07) is 1.53. The minimum atomic E-state index is -4.93. The molecule has 3 nitrogen and oxygen atoms in total. The molecule has 1 aliphatic rings. The molecule has 0 aliphatic heterocycles. The second-order valence-electron chi connectivity index (χ2n) is 6.59. The molecule has 1 heterocycles. The summed E-state index contributed by atoms with van der Waals surface area (Å²) in [7, 11) is 1.20. The Morgan fingerprint density at radius 2 is 1.60 bits per heavy atom. The van der Waals surface area contributed by atoms with Crippen molar-refractivity contribution in [3.8, 4) is 0 Å². The first-order chi connectivity index (χ1) is 14.0. The van der Waals surface area contributed by atoms with Gasteiger partial charge in [-0.25, -0.2) is 9.18 Å². The van der Waals surface area contributed by atoms with E-state index in [1.165, 1.54) is 7.11 Å². The van der Waals surface area contributed by atoms with Crippen molar-refractivity contribution in [1.29, 1.82) is 0 Å². The van der Waals surface area contributed by atoms with Crippen LogP contribution in [0, 0.1) is 5.82 Å². The predicted octanol–water partition coefficient (Wildman–Crippen LogP) is 6.69. The van der Waals surface area contributed by atoms with Crippen LogP contribution >= 0.6 is 34.5 Å². The summed E-state index contributed by atoms with van der Waals surface area (Å²) in [6.45, 7) is 0. The summed E-state index contributed by atoms with van der Waals surface area (Å²) < 4.78 is 59.5. The molecule has 1 aromatic heterocycles. The van der Waals surface area contributed by atoms with Crippen molar-refractivity contribution in [2.24, 2.45) is 0 Å². The Morgan fingerprint density at radius 3 is 2.10 bits per heavy atom. The first kappa shape index (κ1) is 22.8. The second kappa shape index (κ2) is 8.69. The summed E-state index contributed by atoms with van der Waals surface area (Å²) in [5.41, 5.74) is -0.624. The van der Waals surface area contributed by atoms with Gasteiger partial charge in [-0.15, -0.1) is 11.3 Å². The second-order valence-corrected chi connectivity index (χ2v) is 8.43. The maximum absolute atomic E-state index is 13.7. The van der Waals surface area contributed by atoms with Gasteiger partial charge >= 0.3 is 12.1 Å². The van der Waals surface area contributed by atoms with Gasteiger partial charge in [0.15, 0.2) is 11.6 Å². The molecule has 1 aromatic carbocycles. The van der Waals surface area contributed by atoms with Crippen LogP contribution in [-0.4, -0.2) is 25.0 Å². The van der Waals surface area contributed by atoms with Gasteiger partial charge in [-0.05, 0) is 60.6 Å². The van der Waals surface area contributed by atoms with E-state index in [-0.39, 0.29) is 9.75 Å². The summed E-state index contributed by atoms with van der Waals surface area (Å²) >= 11 is 12.1. The van der Waals surface area contributed by atoms with Crippen LogP contribution in [0.25, 0.3) is 5.57 Å². The normalized spacial score (nSPS) is 14.4. The quantitative estimate of drug-likeness (QED) is 0.161. The third-order valence-electron chi connectivity index (χ3n) is 4.69. The van der Waals surface area contributed by atoms with Gasteiger partial charge in [0.25, 0.3) is 0 Å². The highest BCUT2D eigenvalue weighted by atomic mass is 35.5. The zero-order chi connectivity index (χ0) is 22.2. The molecule has 0 amide bonds. The molecule has 0 fully saturated rings. The van der Waals surface area contributed by atoms with E-state index in [1.807, 2.05) is 0 Å². The molecule has 0 spiro atoms. The zero-order valence-corrected chi connectivity index (χ0v) is 17.8. The number of fused-ring (bicyclic) bond motifs is 1. The molecule has 30 heavy (non-hydrogen) atoms. The molecule has 1 aliphatic carbocycles. The molecule has 10 heteroatoms. The summed E-state index contributed by atoms with van der Waals surface area (Å²) in [4.78, 5) is 25.2. The molecular formula is C20H14Cl2F4O3S. The number of thiophene rings is 1. The molecule has 3 rings (SSSR count). The lowest BCUT2D eigenvalue weighted by molar-refractivity contribution is -0.0689. The molecule has 0 saturated carbocycles. The van der Waals surface area contributed by atoms with Crippen LogP contribution in [0.1, 0.15) is 48.9 Å². The predicted molar refractivity (Wildman–Crippen MR) is 107 cm³/mol. The van der Waals surface area contributed by atoms with Crippen LogP contribution in [0.2, 0.25) is 10.0 Å². The number of halogens is 6. The maximum Gasteiger partial charge on any atom is 0.417 e. The van der Waals surface area contributed by atoms with E-state index in [9.17, 15) is 27.2 Å². The number of ketones is 1. The van der Waals surface area contributed by atoms with E-state index in [0.29, 0.717) is 30.0 Å². The number of benzene rings is 1. The fraction of sp³-hybridized carbons (Fsp3) is 0.300. The highest BCUT2D eigenvalue weighted by Gasteiger charge is 2.37. The molecule has 160 valence electrons. The van der Waals surface area contributed by atoms with Crippen molar-refractivity contribution in [3.63, 3.8) is 0 Å².